The number of carbonyl (C=O) groups is 1. The van der Waals surface area contributed by atoms with Gasteiger partial charge in [0.1, 0.15) is 6.10 Å². The fourth-order valence-electron chi connectivity index (χ4n) is 3.15. The van der Waals surface area contributed by atoms with E-state index in [9.17, 15) is 4.79 Å². The highest BCUT2D eigenvalue weighted by atomic mass is 16.5. The molecule has 1 amide bonds. The van der Waals surface area contributed by atoms with Gasteiger partial charge in [-0.15, -0.1) is 0 Å². The number of ether oxygens (including phenoxy) is 2. The van der Waals surface area contributed by atoms with Gasteiger partial charge < -0.3 is 19.4 Å². The van der Waals surface area contributed by atoms with E-state index in [1.165, 1.54) is 0 Å². The Labute approximate surface area is 148 Å². The molecule has 5 heteroatoms. The lowest BCUT2D eigenvalue weighted by atomic mass is 10.0. The maximum absolute atomic E-state index is 12.7. The largest absolute Gasteiger partial charge is 0.379 e. The van der Waals surface area contributed by atoms with Crippen molar-refractivity contribution in [1.29, 1.82) is 0 Å². The molecule has 5 nitrogen and oxygen atoms in total. The summed E-state index contributed by atoms with van der Waals surface area (Å²) in [5.74, 6) is -0.0404. The van der Waals surface area contributed by atoms with Crippen LogP contribution in [-0.2, 0) is 23.1 Å². The first-order valence-corrected chi connectivity index (χ1v) is 8.73. The van der Waals surface area contributed by atoms with Crippen LogP contribution in [0, 0.1) is 13.8 Å². The van der Waals surface area contributed by atoms with Gasteiger partial charge in [-0.2, -0.15) is 0 Å². The highest BCUT2D eigenvalue weighted by Crippen LogP contribution is 2.17. The number of nitrogens with zero attached hydrogens (tertiary/aromatic N) is 1. The number of amides is 1. The van der Waals surface area contributed by atoms with Gasteiger partial charge in [-0.1, -0.05) is 30.3 Å². The van der Waals surface area contributed by atoms with Crippen molar-refractivity contribution in [2.24, 2.45) is 7.05 Å². The van der Waals surface area contributed by atoms with E-state index in [2.05, 4.69) is 5.32 Å². The van der Waals surface area contributed by atoms with E-state index in [0.717, 1.165) is 28.9 Å². The Hall–Kier alpha value is -2.11. The van der Waals surface area contributed by atoms with Crippen LogP contribution in [0.2, 0.25) is 0 Å². The predicted molar refractivity (Wildman–Crippen MR) is 96.6 cm³/mol. The van der Waals surface area contributed by atoms with Crippen LogP contribution in [0.25, 0.3) is 0 Å². The minimum Gasteiger partial charge on any atom is -0.379 e. The van der Waals surface area contributed by atoms with Gasteiger partial charge in [-0.3, -0.25) is 4.79 Å². The summed E-state index contributed by atoms with van der Waals surface area (Å²) in [6, 6.07) is 11.9. The first-order valence-electron chi connectivity index (χ1n) is 8.73. The predicted octanol–water partition coefficient (Wildman–Crippen LogP) is 2.75. The number of aromatic nitrogens is 1. The Morgan fingerprint density at radius 2 is 2.08 bits per heavy atom. The maximum Gasteiger partial charge on any atom is 0.253 e. The molecular weight excluding hydrogens is 316 g/mol. The minimum atomic E-state index is -0.136. The summed E-state index contributed by atoms with van der Waals surface area (Å²) in [7, 11) is 1.97. The maximum atomic E-state index is 12.7. The smallest absolute Gasteiger partial charge is 0.253 e. The Kier molecular flexibility index (Phi) is 5.56. The van der Waals surface area contributed by atoms with E-state index in [1.807, 2.05) is 61.9 Å². The van der Waals surface area contributed by atoms with Crippen LogP contribution in [0.3, 0.4) is 0 Å². The molecule has 1 aromatic carbocycles. The number of carbonyl (C=O) groups excluding carboxylic acids is 1. The second-order valence-electron chi connectivity index (χ2n) is 6.62. The van der Waals surface area contributed by atoms with Crippen molar-refractivity contribution in [1.82, 2.24) is 9.88 Å². The van der Waals surface area contributed by atoms with Gasteiger partial charge in [-0.25, -0.2) is 0 Å². The summed E-state index contributed by atoms with van der Waals surface area (Å²) in [6.45, 7) is 5.64. The third-order valence-electron chi connectivity index (χ3n) is 4.95. The molecule has 1 fully saturated rings. The van der Waals surface area contributed by atoms with Gasteiger partial charge in [0.2, 0.25) is 0 Å². The van der Waals surface area contributed by atoms with E-state index in [1.54, 1.807) is 0 Å². The Morgan fingerprint density at radius 3 is 2.76 bits per heavy atom. The first-order chi connectivity index (χ1) is 12.1. The van der Waals surface area contributed by atoms with Crippen molar-refractivity contribution in [2.45, 2.75) is 39.0 Å². The Morgan fingerprint density at radius 1 is 1.32 bits per heavy atom. The van der Waals surface area contributed by atoms with Crippen molar-refractivity contribution in [3.8, 4) is 0 Å². The summed E-state index contributed by atoms with van der Waals surface area (Å²) in [6.07, 6.45) is 0.624. The SMILES string of the molecule is Cc1cc(C(=O)N[C@@H]2CCOC[C@H]2OCc2ccccc2)c(C)n1C. The molecule has 0 saturated carbocycles. The van der Waals surface area contributed by atoms with E-state index in [-0.39, 0.29) is 18.1 Å². The van der Waals surface area contributed by atoms with Crippen molar-refractivity contribution in [3.63, 3.8) is 0 Å². The van der Waals surface area contributed by atoms with Crippen molar-refractivity contribution >= 4 is 5.91 Å². The molecule has 0 aliphatic carbocycles. The second-order valence-corrected chi connectivity index (χ2v) is 6.62. The molecule has 0 unspecified atom stereocenters. The number of hydrogen-bond acceptors (Lipinski definition) is 3. The monoisotopic (exact) mass is 342 g/mol. The topological polar surface area (TPSA) is 52.5 Å². The summed E-state index contributed by atoms with van der Waals surface area (Å²) in [5.41, 5.74) is 3.90. The molecule has 1 saturated heterocycles. The minimum absolute atomic E-state index is 0.0372. The molecule has 2 heterocycles. The third-order valence-corrected chi connectivity index (χ3v) is 4.95. The molecule has 2 aromatic rings. The van der Waals surface area contributed by atoms with E-state index >= 15 is 0 Å². The average Bonchev–Trinajstić information content (AvgIpc) is 2.89. The zero-order valence-electron chi connectivity index (χ0n) is 15.1. The fourth-order valence-corrected chi connectivity index (χ4v) is 3.15. The van der Waals surface area contributed by atoms with Gasteiger partial charge in [0, 0.05) is 25.0 Å². The van der Waals surface area contributed by atoms with Gasteiger partial charge in [0.25, 0.3) is 5.91 Å². The van der Waals surface area contributed by atoms with Crippen LogP contribution in [-0.4, -0.2) is 35.8 Å². The average molecular weight is 342 g/mol. The number of benzene rings is 1. The molecule has 0 radical (unpaired) electrons. The normalized spacial score (nSPS) is 20.4. The Balaban J connectivity index is 1.64. The van der Waals surface area contributed by atoms with Gasteiger partial charge in [-0.05, 0) is 31.9 Å². The standard InChI is InChI=1S/C20H26N2O3/c1-14-11-17(15(2)22(14)3)20(23)21-18-9-10-24-13-19(18)25-12-16-7-5-4-6-8-16/h4-8,11,18-19H,9-10,12-13H2,1-3H3,(H,21,23)/t18-,19-/m1/s1. The van der Waals surface area contributed by atoms with Crippen molar-refractivity contribution in [3.05, 3.63) is 58.9 Å². The number of rotatable bonds is 5. The van der Waals surface area contributed by atoms with E-state index in [0.29, 0.717) is 19.8 Å². The van der Waals surface area contributed by atoms with Gasteiger partial charge in [0.15, 0.2) is 0 Å². The molecule has 25 heavy (non-hydrogen) atoms. The Bertz CT molecular complexity index is 724. The summed E-state index contributed by atoms with van der Waals surface area (Å²) >= 11 is 0. The molecular formula is C20H26N2O3. The number of hydrogen-bond donors (Lipinski definition) is 1. The number of nitrogens with one attached hydrogen (secondary N) is 1. The molecule has 1 aliphatic heterocycles. The van der Waals surface area contributed by atoms with E-state index in [4.69, 9.17) is 9.47 Å². The summed E-state index contributed by atoms with van der Waals surface area (Å²) in [4.78, 5) is 12.7. The lowest BCUT2D eigenvalue weighted by molar-refractivity contribution is -0.0736. The molecule has 1 aromatic heterocycles. The molecule has 1 aliphatic rings. The second kappa shape index (κ2) is 7.85. The van der Waals surface area contributed by atoms with Gasteiger partial charge in [0.05, 0.1) is 24.8 Å². The number of aryl methyl sites for hydroxylation is 1. The highest BCUT2D eigenvalue weighted by molar-refractivity contribution is 5.95. The quantitative estimate of drug-likeness (QED) is 0.909. The molecule has 3 rings (SSSR count). The van der Waals surface area contributed by atoms with Crippen molar-refractivity contribution in [2.75, 3.05) is 13.2 Å². The molecule has 1 N–H and O–H groups in total. The molecule has 134 valence electrons. The first kappa shape index (κ1) is 17.7. The van der Waals surface area contributed by atoms with Crippen molar-refractivity contribution < 1.29 is 14.3 Å². The lowest BCUT2D eigenvalue weighted by Gasteiger charge is -2.32. The van der Waals surface area contributed by atoms with Gasteiger partial charge >= 0.3 is 0 Å². The molecule has 2 atom stereocenters. The fraction of sp³-hybridized carbons (Fsp3) is 0.450. The summed E-state index contributed by atoms with van der Waals surface area (Å²) in [5, 5.41) is 3.15. The van der Waals surface area contributed by atoms with Crippen LogP contribution in [0.1, 0.15) is 33.7 Å². The third kappa shape index (κ3) is 4.11. The zero-order chi connectivity index (χ0) is 17.8. The molecule has 0 spiro atoms. The van der Waals surface area contributed by atoms with E-state index < -0.39 is 0 Å². The van der Waals surface area contributed by atoms with Crippen LogP contribution in [0.4, 0.5) is 0 Å². The lowest BCUT2D eigenvalue weighted by Crippen LogP contribution is -2.50. The van der Waals surface area contributed by atoms with Crippen LogP contribution in [0.15, 0.2) is 36.4 Å². The van der Waals surface area contributed by atoms with Crippen LogP contribution >= 0.6 is 0 Å². The highest BCUT2D eigenvalue weighted by Gasteiger charge is 2.29. The summed E-state index contributed by atoms with van der Waals surface area (Å²) < 4.78 is 13.6. The van der Waals surface area contributed by atoms with Crippen LogP contribution < -0.4 is 5.32 Å². The zero-order valence-corrected chi connectivity index (χ0v) is 15.1. The van der Waals surface area contributed by atoms with Crippen LogP contribution in [0.5, 0.6) is 0 Å². The molecule has 0 bridgehead atoms.